The number of aryl methyl sites for hydroxylation is 1. The molecule has 0 aliphatic carbocycles. The van der Waals surface area contributed by atoms with Crippen LogP contribution in [0.4, 0.5) is 4.39 Å². The molecule has 0 fully saturated rings. The van der Waals surface area contributed by atoms with E-state index in [0.29, 0.717) is 5.56 Å². The van der Waals surface area contributed by atoms with Gasteiger partial charge in [0.25, 0.3) is 0 Å². The molecule has 0 spiro atoms. The molecular formula is C18H14ClFO. The Morgan fingerprint density at radius 3 is 2.57 bits per heavy atom. The third-order valence-electron chi connectivity index (χ3n) is 3.74. The van der Waals surface area contributed by atoms with E-state index >= 15 is 0 Å². The van der Waals surface area contributed by atoms with Crippen molar-refractivity contribution in [2.24, 2.45) is 0 Å². The Balaban J connectivity index is 2.24. The number of halogens is 2. The maximum atomic E-state index is 13.6. The lowest BCUT2D eigenvalue weighted by atomic mass is 9.92. The summed E-state index contributed by atoms with van der Waals surface area (Å²) in [6.45, 7) is 1.93. The summed E-state index contributed by atoms with van der Waals surface area (Å²) in [5.74, 6) is -0.522. The summed E-state index contributed by atoms with van der Waals surface area (Å²) in [5, 5.41) is 12.7. The fourth-order valence-electron chi connectivity index (χ4n) is 2.65. The Kier molecular flexibility index (Phi) is 3.66. The minimum absolute atomic E-state index is 0.0302. The summed E-state index contributed by atoms with van der Waals surface area (Å²) in [5.41, 5.74) is 2.10. The average Bonchev–Trinajstić information content (AvgIpc) is 2.49. The lowest BCUT2D eigenvalue weighted by molar-refractivity contribution is 0.221. The third kappa shape index (κ3) is 2.41. The van der Waals surface area contributed by atoms with Gasteiger partial charge in [0.1, 0.15) is 11.9 Å². The van der Waals surface area contributed by atoms with Crippen molar-refractivity contribution in [1.29, 1.82) is 0 Å². The number of aliphatic hydroxyl groups is 1. The Hall–Kier alpha value is -1.90. The first kappa shape index (κ1) is 14.1. The van der Waals surface area contributed by atoms with Crippen LogP contribution in [0, 0.1) is 12.7 Å². The second-order valence-electron chi connectivity index (χ2n) is 5.06. The molecule has 3 aromatic carbocycles. The van der Waals surface area contributed by atoms with Crippen molar-refractivity contribution in [3.8, 4) is 0 Å². The lowest BCUT2D eigenvalue weighted by Gasteiger charge is -2.18. The van der Waals surface area contributed by atoms with Crippen molar-refractivity contribution in [3.05, 3.63) is 82.1 Å². The Labute approximate surface area is 127 Å². The molecule has 3 aromatic rings. The predicted molar refractivity (Wildman–Crippen MR) is 84.2 cm³/mol. The number of benzene rings is 3. The van der Waals surface area contributed by atoms with Crippen LogP contribution < -0.4 is 0 Å². The molecule has 3 heteroatoms. The third-order valence-corrected chi connectivity index (χ3v) is 4.14. The summed E-state index contributed by atoms with van der Waals surface area (Å²) < 4.78 is 13.6. The molecule has 0 amide bonds. The van der Waals surface area contributed by atoms with Crippen LogP contribution in [0.5, 0.6) is 0 Å². The van der Waals surface area contributed by atoms with Crippen molar-refractivity contribution in [2.75, 3.05) is 0 Å². The zero-order chi connectivity index (χ0) is 15.0. The van der Waals surface area contributed by atoms with Crippen molar-refractivity contribution in [3.63, 3.8) is 0 Å². The molecular weight excluding hydrogens is 287 g/mol. The molecule has 1 atom stereocenters. The SMILES string of the molecule is Cc1ccc2ccccc2c1C(O)c1cccc(F)c1Cl. The first-order valence-electron chi connectivity index (χ1n) is 6.70. The van der Waals surface area contributed by atoms with Gasteiger partial charge in [0, 0.05) is 5.56 Å². The van der Waals surface area contributed by atoms with E-state index in [1.54, 1.807) is 12.1 Å². The van der Waals surface area contributed by atoms with E-state index in [1.165, 1.54) is 6.07 Å². The Morgan fingerprint density at radius 2 is 1.76 bits per heavy atom. The van der Waals surface area contributed by atoms with Crippen LogP contribution in [0.3, 0.4) is 0 Å². The van der Waals surface area contributed by atoms with Gasteiger partial charge in [-0.2, -0.15) is 0 Å². The average molecular weight is 301 g/mol. The minimum atomic E-state index is -0.959. The largest absolute Gasteiger partial charge is 0.384 e. The van der Waals surface area contributed by atoms with Crippen LogP contribution in [0.25, 0.3) is 10.8 Å². The summed E-state index contributed by atoms with van der Waals surface area (Å²) in [7, 11) is 0. The highest BCUT2D eigenvalue weighted by Crippen LogP contribution is 2.35. The minimum Gasteiger partial charge on any atom is -0.384 e. The fraction of sp³-hybridized carbons (Fsp3) is 0.111. The quantitative estimate of drug-likeness (QED) is 0.704. The van der Waals surface area contributed by atoms with Crippen LogP contribution in [-0.4, -0.2) is 5.11 Å². The van der Waals surface area contributed by atoms with Crippen molar-refractivity contribution < 1.29 is 9.50 Å². The molecule has 0 heterocycles. The van der Waals surface area contributed by atoms with Gasteiger partial charge in [-0.1, -0.05) is 60.1 Å². The van der Waals surface area contributed by atoms with Crippen LogP contribution in [-0.2, 0) is 0 Å². The Morgan fingerprint density at radius 1 is 1.00 bits per heavy atom. The highest BCUT2D eigenvalue weighted by atomic mass is 35.5. The molecule has 0 radical (unpaired) electrons. The smallest absolute Gasteiger partial charge is 0.142 e. The normalized spacial score (nSPS) is 12.6. The summed E-state index contributed by atoms with van der Waals surface area (Å²) in [6, 6.07) is 16.3. The maximum Gasteiger partial charge on any atom is 0.142 e. The molecule has 0 aromatic heterocycles. The van der Waals surface area contributed by atoms with E-state index in [1.807, 2.05) is 43.3 Å². The van der Waals surface area contributed by atoms with Crippen LogP contribution in [0.1, 0.15) is 22.8 Å². The standard InChI is InChI=1S/C18H14ClFO/c1-11-9-10-12-5-2-3-6-13(12)16(11)18(21)14-7-4-8-15(20)17(14)19/h2-10,18,21H,1H3. The predicted octanol–water partition coefficient (Wildman–Crippen LogP) is 5.02. The highest BCUT2D eigenvalue weighted by Gasteiger charge is 2.20. The van der Waals surface area contributed by atoms with Gasteiger partial charge in [-0.25, -0.2) is 4.39 Å². The van der Waals surface area contributed by atoms with Gasteiger partial charge < -0.3 is 5.11 Å². The first-order chi connectivity index (χ1) is 10.1. The van der Waals surface area contributed by atoms with E-state index in [9.17, 15) is 9.50 Å². The van der Waals surface area contributed by atoms with Crippen LogP contribution >= 0.6 is 11.6 Å². The lowest BCUT2D eigenvalue weighted by Crippen LogP contribution is -2.04. The highest BCUT2D eigenvalue weighted by molar-refractivity contribution is 6.31. The maximum absolute atomic E-state index is 13.6. The van der Waals surface area contributed by atoms with E-state index < -0.39 is 11.9 Å². The molecule has 0 aliphatic rings. The van der Waals surface area contributed by atoms with Gasteiger partial charge in [0.15, 0.2) is 0 Å². The summed E-state index contributed by atoms with van der Waals surface area (Å²) in [4.78, 5) is 0. The van der Waals surface area contributed by atoms with Gasteiger partial charge in [-0.3, -0.25) is 0 Å². The fourth-order valence-corrected chi connectivity index (χ4v) is 2.88. The topological polar surface area (TPSA) is 20.2 Å². The molecule has 0 bridgehead atoms. The zero-order valence-electron chi connectivity index (χ0n) is 11.5. The number of rotatable bonds is 2. The molecule has 21 heavy (non-hydrogen) atoms. The van der Waals surface area contributed by atoms with Crippen molar-refractivity contribution in [1.82, 2.24) is 0 Å². The van der Waals surface area contributed by atoms with Gasteiger partial charge >= 0.3 is 0 Å². The van der Waals surface area contributed by atoms with Crippen LogP contribution in [0.2, 0.25) is 5.02 Å². The molecule has 0 aliphatic heterocycles. The molecule has 106 valence electrons. The number of fused-ring (bicyclic) bond motifs is 1. The Bertz CT molecular complexity index is 813. The summed E-state index contributed by atoms with van der Waals surface area (Å²) >= 11 is 6.01. The second-order valence-corrected chi connectivity index (χ2v) is 5.44. The van der Waals surface area contributed by atoms with E-state index in [4.69, 9.17) is 11.6 Å². The first-order valence-corrected chi connectivity index (χ1v) is 7.07. The number of hydrogen-bond donors (Lipinski definition) is 1. The van der Waals surface area contributed by atoms with E-state index in [0.717, 1.165) is 21.9 Å². The van der Waals surface area contributed by atoms with Crippen LogP contribution in [0.15, 0.2) is 54.6 Å². The van der Waals surface area contributed by atoms with Crippen molar-refractivity contribution >= 4 is 22.4 Å². The number of aliphatic hydroxyl groups excluding tert-OH is 1. The molecule has 1 N–H and O–H groups in total. The summed E-state index contributed by atoms with van der Waals surface area (Å²) in [6.07, 6.45) is -0.959. The van der Waals surface area contributed by atoms with Gasteiger partial charge in [-0.05, 0) is 34.9 Å². The number of hydrogen-bond acceptors (Lipinski definition) is 1. The molecule has 0 saturated carbocycles. The van der Waals surface area contributed by atoms with E-state index in [2.05, 4.69) is 0 Å². The van der Waals surface area contributed by atoms with Crippen molar-refractivity contribution in [2.45, 2.75) is 13.0 Å². The van der Waals surface area contributed by atoms with Gasteiger partial charge in [-0.15, -0.1) is 0 Å². The monoisotopic (exact) mass is 300 g/mol. The molecule has 3 rings (SSSR count). The molecule has 1 unspecified atom stereocenters. The molecule has 0 saturated heterocycles. The zero-order valence-corrected chi connectivity index (χ0v) is 12.2. The van der Waals surface area contributed by atoms with Gasteiger partial charge in [0.2, 0.25) is 0 Å². The van der Waals surface area contributed by atoms with Gasteiger partial charge in [0.05, 0.1) is 5.02 Å². The van der Waals surface area contributed by atoms with E-state index in [-0.39, 0.29) is 5.02 Å². The second kappa shape index (κ2) is 5.47. The molecule has 1 nitrogen and oxygen atoms in total.